The van der Waals surface area contributed by atoms with E-state index in [-0.39, 0.29) is 12.6 Å². The zero-order chi connectivity index (χ0) is 11.3. The monoisotopic (exact) mass is 211 g/mol. The molecular weight excluding hydrogens is 194 g/mol. The number of carboxylic acid groups (broad SMARTS) is 1. The van der Waals surface area contributed by atoms with Crippen LogP contribution in [0.3, 0.4) is 0 Å². The number of carbonyl (C=O) groups is 1. The first-order chi connectivity index (χ1) is 7.17. The third-order valence-electron chi connectivity index (χ3n) is 2.74. The summed E-state index contributed by atoms with van der Waals surface area (Å²) in [7, 11) is 0. The van der Waals surface area contributed by atoms with Gasteiger partial charge >= 0.3 is 5.97 Å². The Kier molecular flexibility index (Phi) is 4.53. The molecular formula is C10H17N3O2. The zero-order valence-electron chi connectivity index (χ0n) is 9.02. The quantitative estimate of drug-likeness (QED) is 0.708. The Hall–Kier alpha value is -1.12. The van der Waals surface area contributed by atoms with Crippen molar-refractivity contribution in [3.63, 3.8) is 0 Å². The number of rotatable bonds is 4. The topological polar surface area (TPSA) is 67.6 Å². The SMILES string of the molecule is CCC(C#N)N1CCN(CC(=O)O)CC1. The molecule has 5 nitrogen and oxygen atoms in total. The van der Waals surface area contributed by atoms with Crippen molar-refractivity contribution < 1.29 is 9.90 Å². The van der Waals surface area contributed by atoms with Crippen molar-refractivity contribution in [3.05, 3.63) is 0 Å². The molecule has 5 heteroatoms. The van der Waals surface area contributed by atoms with Crippen LogP contribution in [0.4, 0.5) is 0 Å². The molecule has 0 aromatic heterocycles. The molecule has 1 fully saturated rings. The lowest BCUT2D eigenvalue weighted by molar-refractivity contribution is -0.138. The Bertz CT molecular complexity index is 254. The molecule has 0 aromatic rings. The van der Waals surface area contributed by atoms with Gasteiger partial charge in [-0.1, -0.05) is 6.92 Å². The predicted octanol–water partition coefficient (Wildman–Crippen LogP) is -0.00922. The van der Waals surface area contributed by atoms with E-state index in [1.807, 2.05) is 11.8 Å². The van der Waals surface area contributed by atoms with E-state index in [0.29, 0.717) is 0 Å². The fourth-order valence-corrected chi connectivity index (χ4v) is 1.86. The van der Waals surface area contributed by atoms with Crippen molar-refractivity contribution in [2.24, 2.45) is 0 Å². The van der Waals surface area contributed by atoms with Gasteiger partial charge in [0.25, 0.3) is 0 Å². The van der Waals surface area contributed by atoms with Gasteiger partial charge in [0.2, 0.25) is 0 Å². The second-order valence-corrected chi connectivity index (χ2v) is 3.76. The van der Waals surface area contributed by atoms with Crippen LogP contribution in [0.2, 0.25) is 0 Å². The summed E-state index contributed by atoms with van der Waals surface area (Å²) < 4.78 is 0. The van der Waals surface area contributed by atoms with Crippen LogP contribution in [0.15, 0.2) is 0 Å². The van der Waals surface area contributed by atoms with Crippen LogP contribution in [0, 0.1) is 11.3 Å². The Morgan fingerprint density at radius 2 is 2.07 bits per heavy atom. The first-order valence-electron chi connectivity index (χ1n) is 5.25. The second kappa shape index (κ2) is 5.69. The van der Waals surface area contributed by atoms with E-state index >= 15 is 0 Å². The summed E-state index contributed by atoms with van der Waals surface area (Å²) in [6.07, 6.45) is 0.829. The van der Waals surface area contributed by atoms with Crippen molar-refractivity contribution in [1.82, 2.24) is 9.80 Å². The van der Waals surface area contributed by atoms with E-state index in [4.69, 9.17) is 10.4 Å². The molecule has 1 rings (SSSR count). The maximum Gasteiger partial charge on any atom is 0.317 e. The Morgan fingerprint density at radius 1 is 1.47 bits per heavy atom. The lowest BCUT2D eigenvalue weighted by atomic mass is 10.2. The lowest BCUT2D eigenvalue weighted by Gasteiger charge is -2.35. The molecule has 0 saturated carbocycles. The average molecular weight is 211 g/mol. The van der Waals surface area contributed by atoms with Gasteiger partial charge in [0.15, 0.2) is 0 Å². The standard InChI is InChI=1S/C10H17N3O2/c1-2-9(7-11)13-5-3-12(4-6-13)8-10(14)15/h9H,2-6,8H2,1H3,(H,14,15). The lowest BCUT2D eigenvalue weighted by Crippen LogP contribution is -2.50. The summed E-state index contributed by atoms with van der Waals surface area (Å²) in [5, 5.41) is 17.5. The average Bonchev–Trinajstić information content (AvgIpc) is 2.21. The van der Waals surface area contributed by atoms with E-state index in [2.05, 4.69) is 11.0 Å². The number of piperazine rings is 1. The fourth-order valence-electron chi connectivity index (χ4n) is 1.86. The van der Waals surface area contributed by atoms with Crippen LogP contribution in [0.1, 0.15) is 13.3 Å². The Morgan fingerprint density at radius 3 is 2.47 bits per heavy atom. The van der Waals surface area contributed by atoms with Gasteiger partial charge in [-0.3, -0.25) is 14.6 Å². The molecule has 15 heavy (non-hydrogen) atoms. The van der Waals surface area contributed by atoms with Gasteiger partial charge in [0.05, 0.1) is 18.7 Å². The van der Waals surface area contributed by atoms with Gasteiger partial charge in [-0.05, 0) is 6.42 Å². The van der Waals surface area contributed by atoms with Crippen LogP contribution in [0.5, 0.6) is 0 Å². The molecule has 1 heterocycles. The fraction of sp³-hybridized carbons (Fsp3) is 0.800. The number of nitrogens with zero attached hydrogens (tertiary/aromatic N) is 3. The molecule has 1 atom stereocenters. The van der Waals surface area contributed by atoms with Crippen molar-refractivity contribution in [3.8, 4) is 6.07 Å². The van der Waals surface area contributed by atoms with Crippen LogP contribution >= 0.6 is 0 Å². The third-order valence-corrected chi connectivity index (χ3v) is 2.74. The largest absolute Gasteiger partial charge is 0.480 e. The van der Waals surface area contributed by atoms with Gasteiger partial charge in [-0.15, -0.1) is 0 Å². The number of nitriles is 1. The minimum Gasteiger partial charge on any atom is -0.480 e. The van der Waals surface area contributed by atoms with Gasteiger partial charge in [-0.25, -0.2) is 0 Å². The molecule has 0 aliphatic carbocycles. The highest BCUT2D eigenvalue weighted by Gasteiger charge is 2.23. The second-order valence-electron chi connectivity index (χ2n) is 3.76. The highest BCUT2D eigenvalue weighted by atomic mass is 16.4. The van der Waals surface area contributed by atoms with Crippen LogP contribution in [0.25, 0.3) is 0 Å². The molecule has 0 spiro atoms. The first kappa shape index (κ1) is 12.0. The Labute approximate surface area is 89.9 Å². The van der Waals surface area contributed by atoms with E-state index in [1.165, 1.54) is 0 Å². The molecule has 0 bridgehead atoms. The number of aliphatic carboxylic acids is 1. The van der Waals surface area contributed by atoms with E-state index in [9.17, 15) is 4.79 Å². The van der Waals surface area contributed by atoms with Crippen molar-refractivity contribution >= 4 is 5.97 Å². The molecule has 0 radical (unpaired) electrons. The van der Waals surface area contributed by atoms with Crippen molar-refractivity contribution in [2.75, 3.05) is 32.7 Å². The molecule has 1 aliphatic heterocycles. The summed E-state index contributed by atoms with van der Waals surface area (Å²) in [5.74, 6) is -0.782. The van der Waals surface area contributed by atoms with Gasteiger partial charge < -0.3 is 5.11 Å². The number of hydrogen-bond acceptors (Lipinski definition) is 4. The smallest absolute Gasteiger partial charge is 0.317 e. The van der Waals surface area contributed by atoms with Crippen LogP contribution < -0.4 is 0 Å². The number of hydrogen-bond donors (Lipinski definition) is 1. The van der Waals surface area contributed by atoms with Crippen molar-refractivity contribution in [1.29, 1.82) is 5.26 Å². The highest BCUT2D eigenvalue weighted by Crippen LogP contribution is 2.08. The molecule has 1 N–H and O–H groups in total. The molecule has 1 unspecified atom stereocenters. The minimum absolute atomic E-state index is 0.0167. The summed E-state index contributed by atoms with van der Waals surface area (Å²) in [4.78, 5) is 14.5. The summed E-state index contributed by atoms with van der Waals surface area (Å²) in [5.41, 5.74) is 0. The van der Waals surface area contributed by atoms with Crippen molar-refractivity contribution in [2.45, 2.75) is 19.4 Å². The third kappa shape index (κ3) is 3.50. The normalized spacial score (nSPS) is 20.8. The summed E-state index contributed by atoms with van der Waals surface area (Å²) >= 11 is 0. The maximum absolute atomic E-state index is 10.5. The molecule has 84 valence electrons. The first-order valence-corrected chi connectivity index (χ1v) is 5.25. The summed E-state index contributed by atoms with van der Waals surface area (Å²) in [6, 6.07) is 2.25. The predicted molar refractivity (Wildman–Crippen MR) is 55.3 cm³/mol. The van der Waals surface area contributed by atoms with E-state index in [1.54, 1.807) is 0 Å². The van der Waals surface area contributed by atoms with Crippen LogP contribution in [-0.4, -0.2) is 59.6 Å². The Balaban J connectivity index is 2.35. The van der Waals surface area contributed by atoms with E-state index in [0.717, 1.165) is 32.6 Å². The number of carboxylic acids is 1. The van der Waals surface area contributed by atoms with Gasteiger partial charge in [0.1, 0.15) is 0 Å². The van der Waals surface area contributed by atoms with Crippen LogP contribution in [-0.2, 0) is 4.79 Å². The van der Waals surface area contributed by atoms with E-state index < -0.39 is 5.97 Å². The van der Waals surface area contributed by atoms with Gasteiger partial charge in [-0.2, -0.15) is 5.26 Å². The minimum atomic E-state index is -0.782. The highest BCUT2D eigenvalue weighted by molar-refractivity contribution is 5.69. The summed E-state index contributed by atoms with van der Waals surface area (Å²) in [6.45, 7) is 5.17. The zero-order valence-corrected chi connectivity index (χ0v) is 9.02. The van der Waals surface area contributed by atoms with Gasteiger partial charge in [0, 0.05) is 26.2 Å². The molecule has 0 aromatic carbocycles. The molecule has 1 aliphatic rings. The maximum atomic E-state index is 10.5. The molecule has 0 amide bonds. The molecule has 1 saturated heterocycles.